The number of quaternary nitrogens is 2. The Morgan fingerprint density at radius 3 is 2.29 bits per heavy atom. The van der Waals surface area contributed by atoms with Crippen LogP contribution >= 0.6 is 0 Å². The number of anilines is 1. The van der Waals surface area contributed by atoms with Gasteiger partial charge >= 0.3 is 0 Å². The highest BCUT2D eigenvalue weighted by Crippen LogP contribution is 2.12. The molecule has 3 rings (SSSR count). The third-order valence-corrected chi connectivity index (χ3v) is 6.22. The zero-order valence-corrected chi connectivity index (χ0v) is 19.0. The van der Waals surface area contributed by atoms with Gasteiger partial charge < -0.3 is 20.0 Å². The molecule has 1 aliphatic rings. The number of nitrogens with zero attached hydrogens (tertiary/aromatic N) is 1. The summed E-state index contributed by atoms with van der Waals surface area (Å²) in [4.78, 5) is 29.8. The maximum Gasteiger partial charge on any atom is 0.279 e. The fourth-order valence-electron chi connectivity index (χ4n) is 4.24. The molecule has 0 aliphatic carbocycles. The molecule has 2 aromatic carbocycles. The lowest BCUT2D eigenvalue weighted by Crippen LogP contribution is -3.28. The number of piperazine rings is 1. The predicted octanol–water partition coefficient (Wildman–Crippen LogP) is 0.399. The lowest BCUT2D eigenvalue weighted by molar-refractivity contribution is -1.02. The Bertz CT molecular complexity index is 887. The van der Waals surface area contributed by atoms with Crippen LogP contribution in [0.15, 0.2) is 48.5 Å². The van der Waals surface area contributed by atoms with Crippen LogP contribution in [-0.2, 0) is 11.3 Å². The number of rotatable bonds is 8. The third-order valence-electron chi connectivity index (χ3n) is 6.22. The zero-order valence-electron chi connectivity index (χ0n) is 19.0. The van der Waals surface area contributed by atoms with Crippen LogP contribution in [0.4, 0.5) is 5.69 Å². The highest BCUT2D eigenvalue weighted by Gasteiger charge is 2.25. The summed E-state index contributed by atoms with van der Waals surface area (Å²) in [5.74, 6) is 0.00395. The molecule has 0 bridgehead atoms. The minimum Gasteiger partial charge on any atom is -0.339 e. The van der Waals surface area contributed by atoms with Gasteiger partial charge in [-0.25, -0.2) is 0 Å². The number of benzene rings is 2. The van der Waals surface area contributed by atoms with Crippen LogP contribution < -0.4 is 15.1 Å². The van der Waals surface area contributed by atoms with E-state index in [0.29, 0.717) is 30.9 Å². The minimum absolute atomic E-state index is 0.000487. The molecule has 0 aromatic heterocycles. The van der Waals surface area contributed by atoms with Gasteiger partial charge in [0.2, 0.25) is 0 Å². The molecule has 31 heavy (non-hydrogen) atoms. The molecule has 6 heteroatoms. The lowest BCUT2D eigenvalue weighted by atomic mass is 10.1. The summed E-state index contributed by atoms with van der Waals surface area (Å²) in [5.41, 5.74) is 4.07. The number of aryl methyl sites for hydroxylation is 1. The molecule has 0 spiro atoms. The molecule has 0 radical (unpaired) electrons. The van der Waals surface area contributed by atoms with Gasteiger partial charge in [0.15, 0.2) is 6.54 Å². The highest BCUT2D eigenvalue weighted by molar-refractivity contribution is 5.97. The van der Waals surface area contributed by atoms with Crippen molar-refractivity contribution in [2.75, 3.05) is 51.1 Å². The van der Waals surface area contributed by atoms with Gasteiger partial charge in [0.1, 0.15) is 32.7 Å². The first-order valence-corrected chi connectivity index (χ1v) is 11.4. The molecule has 0 unspecified atom stereocenters. The van der Waals surface area contributed by atoms with Crippen molar-refractivity contribution in [3.63, 3.8) is 0 Å². The first-order valence-electron chi connectivity index (χ1n) is 11.4. The molecule has 1 fully saturated rings. The summed E-state index contributed by atoms with van der Waals surface area (Å²) in [7, 11) is 0. The van der Waals surface area contributed by atoms with Gasteiger partial charge in [0, 0.05) is 29.9 Å². The second kappa shape index (κ2) is 11.1. The largest absolute Gasteiger partial charge is 0.339 e. The number of hydrogen-bond donors (Lipinski definition) is 3. The van der Waals surface area contributed by atoms with E-state index in [0.717, 1.165) is 32.7 Å². The van der Waals surface area contributed by atoms with Crippen LogP contribution in [0.1, 0.15) is 35.3 Å². The van der Waals surface area contributed by atoms with Crippen molar-refractivity contribution in [3.05, 3.63) is 65.2 Å². The van der Waals surface area contributed by atoms with E-state index in [9.17, 15) is 9.59 Å². The summed E-state index contributed by atoms with van der Waals surface area (Å²) in [6.45, 7) is 13.1. The molecule has 3 N–H and O–H groups in total. The number of hydrogen-bond acceptors (Lipinski definition) is 2. The standard InChI is InChI=1S/C25H34N4O2/c1-4-29(5-2)25(31)21-11-8-12-23(17-21)26-24(30)19-28-15-13-27(14-16-28)18-22-10-7-6-9-20(22)3/h6-12,17H,4-5,13-16,18-19H2,1-3H3,(H,26,30)/p+2. The van der Waals surface area contributed by atoms with Gasteiger partial charge in [-0.05, 0) is 44.5 Å². The summed E-state index contributed by atoms with van der Waals surface area (Å²) in [6, 6.07) is 15.8. The van der Waals surface area contributed by atoms with Gasteiger partial charge in [-0.2, -0.15) is 0 Å². The molecule has 0 saturated carbocycles. The van der Waals surface area contributed by atoms with Crippen molar-refractivity contribution in [1.82, 2.24) is 4.90 Å². The minimum atomic E-state index is -0.000487. The summed E-state index contributed by atoms with van der Waals surface area (Å²) < 4.78 is 0. The Labute approximate surface area is 185 Å². The lowest BCUT2D eigenvalue weighted by Gasteiger charge is -2.29. The van der Waals surface area contributed by atoms with Crippen LogP contribution in [0.3, 0.4) is 0 Å². The molecule has 166 valence electrons. The molecule has 1 aliphatic heterocycles. The third kappa shape index (κ3) is 6.39. The Hall–Kier alpha value is -2.70. The van der Waals surface area contributed by atoms with Gasteiger partial charge in [0.05, 0.1) is 0 Å². The first kappa shape index (κ1) is 23.0. The Balaban J connectivity index is 1.48. The number of amides is 2. The molecule has 1 saturated heterocycles. The molecular formula is C25H36N4O2+2. The second-order valence-corrected chi connectivity index (χ2v) is 8.39. The van der Waals surface area contributed by atoms with Crippen molar-refractivity contribution >= 4 is 17.5 Å². The van der Waals surface area contributed by atoms with Crippen LogP contribution in [0, 0.1) is 6.92 Å². The van der Waals surface area contributed by atoms with Crippen molar-refractivity contribution in [2.45, 2.75) is 27.3 Å². The summed E-state index contributed by atoms with van der Waals surface area (Å²) in [6.07, 6.45) is 0. The first-order chi connectivity index (χ1) is 15.0. The average Bonchev–Trinajstić information content (AvgIpc) is 2.77. The van der Waals surface area contributed by atoms with Crippen LogP contribution in [0.2, 0.25) is 0 Å². The maximum absolute atomic E-state index is 12.6. The van der Waals surface area contributed by atoms with E-state index in [1.165, 1.54) is 16.0 Å². The molecule has 6 nitrogen and oxygen atoms in total. The van der Waals surface area contributed by atoms with E-state index in [2.05, 4.69) is 36.5 Å². The van der Waals surface area contributed by atoms with Crippen molar-refractivity contribution in [1.29, 1.82) is 0 Å². The SMILES string of the molecule is CCN(CC)C(=O)c1cccc(NC(=O)C[NH+]2CC[NH+](Cc3ccccc3C)CC2)c1. The number of carbonyl (C=O) groups is 2. The van der Waals surface area contributed by atoms with Crippen LogP contribution in [0.25, 0.3) is 0 Å². The van der Waals surface area contributed by atoms with Crippen LogP contribution in [-0.4, -0.2) is 62.5 Å². The van der Waals surface area contributed by atoms with Gasteiger partial charge in [-0.3, -0.25) is 9.59 Å². The smallest absolute Gasteiger partial charge is 0.279 e. The van der Waals surface area contributed by atoms with E-state index in [1.807, 2.05) is 26.0 Å². The maximum atomic E-state index is 12.6. The summed E-state index contributed by atoms with van der Waals surface area (Å²) >= 11 is 0. The normalized spacial score (nSPS) is 18.4. The van der Waals surface area contributed by atoms with Crippen molar-refractivity contribution in [2.24, 2.45) is 0 Å². The van der Waals surface area contributed by atoms with E-state index < -0.39 is 0 Å². The van der Waals surface area contributed by atoms with E-state index in [4.69, 9.17) is 0 Å². The Morgan fingerprint density at radius 2 is 1.61 bits per heavy atom. The van der Waals surface area contributed by atoms with E-state index in [-0.39, 0.29) is 11.8 Å². The summed E-state index contributed by atoms with van der Waals surface area (Å²) in [5, 5.41) is 2.98. The van der Waals surface area contributed by atoms with E-state index >= 15 is 0 Å². The number of carbonyl (C=O) groups excluding carboxylic acids is 2. The van der Waals surface area contributed by atoms with Gasteiger partial charge in [0.25, 0.3) is 11.8 Å². The van der Waals surface area contributed by atoms with Crippen LogP contribution in [0.5, 0.6) is 0 Å². The van der Waals surface area contributed by atoms with E-state index in [1.54, 1.807) is 21.9 Å². The topological polar surface area (TPSA) is 58.3 Å². The quantitative estimate of drug-likeness (QED) is 0.575. The molecular weight excluding hydrogens is 388 g/mol. The fourth-order valence-corrected chi connectivity index (χ4v) is 4.24. The average molecular weight is 425 g/mol. The Morgan fingerprint density at radius 1 is 0.935 bits per heavy atom. The molecule has 2 aromatic rings. The van der Waals surface area contributed by atoms with Crippen molar-refractivity contribution in [3.8, 4) is 0 Å². The number of nitrogens with one attached hydrogen (secondary N) is 3. The highest BCUT2D eigenvalue weighted by atomic mass is 16.2. The monoisotopic (exact) mass is 424 g/mol. The molecule has 1 heterocycles. The van der Waals surface area contributed by atoms with Gasteiger partial charge in [-0.15, -0.1) is 0 Å². The Kier molecular flexibility index (Phi) is 8.20. The zero-order chi connectivity index (χ0) is 22.2. The predicted molar refractivity (Wildman–Crippen MR) is 123 cm³/mol. The second-order valence-electron chi connectivity index (χ2n) is 8.39. The van der Waals surface area contributed by atoms with Crippen molar-refractivity contribution < 1.29 is 19.4 Å². The molecule has 0 atom stereocenters. The van der Waals surface area contributed by atoms with Gasteiger partial charge in [-0.1, -0.05) is 30.3 Å². The fraction of sp³-hybridized carbons (Fsp3) is 0.440. The molecule has 2 amide bonds.